The smallest absolute Gasteiger partial charge is 0.242 e. The van der Waals surface area contributed by atoms with Gasteiger partial charge in [0.25, 0.3) is 0 Å². The first kappa shape index (κ1) is 24.0. The van der Waals surface area contributed by atoms with Gasteiger partial charge in [0, 0.05) is 19.0 Å². The molecule has 2 amide bonds. The minimum Gasteiger partial charge on any atom is -0.352 e. The van der Waals surface area contributed by atoms with Crippen LogP contribution in [0.2, 0.25) is 0 Å². The Balaban J connectivity index is 1.67. The van der Waals surface area contributed by atoms with E-state index in [9.17, 15) is 9.59 Å². The summed E-state index contributed by atoms with van der Waals surface area (Å²) < 4.78 is 0. The van der Waals surface area contributed by atoms with Crippen LogP contribution in [-0.4, -0.2) is 28.8 Å². The van der Waals surface area contributed by atoms with Crippen LogP contribution >= 0.6 is 0 Å². The fourth-order valence-electron chi connectivity index (χ4n) is 4.32. The van der Waals surface area contributed by atoms with Crippen LogP contribution in [0.25, 0.3) is 0 Å². The molecular weight excluding hydrogens is 396 g/mol. The van der Waals surface area contributed by atoms with E-state index in [1.807, 2.05) is 37.3 Å². The van der Waals surface area contributed by atoms with Crippen molar-refractivity contribution in [3.63, 3.8) is 0 Å². The Morgan fingerprint density at radius 2 is 1.59 bits per heavy atom. The number of benzene rings is 2. The van der Waals surface area contributed by atoms with E-state index in [2.05, 4.69) is 50.4 Å². The highest BCUT2D eigenvalue weighted by Gasteiger charge is 2.28. The molecule has 0 saturated heterocycles. The van der Waals surface area contributed by atoms with Gasteiger partial charge in [-0.1, -0.05) is 88.2 Å². The molecule has 0 unspecified atom stereocenters. The van der Waals surface area contributed by atoms with E-state index in [0.717, 1.165) is 24.0 Å². The van der Waals surface area contributed by atoms with Crippen molar-refractivity contribution in [1.82, 2.24) is 10.2 Å². The predicted octanol–water partition coefficient (Wildman–Crippen LogP) is 5.39. The maximum atomic E-state index is 13.3. The molecule has 0 bridgehead atoms. The first-order chi connectivity index (χ1) is 15.2. The van der Waals surface area contributed by atoms with Crippen LogP contribution in [-0.2, 0) is 28.0 Å². The maximum Gasteiger partial charge on any atom is 0.242 e. The molecule has 1 atom stereocenters. The van der Waals surface area contributed by atoms with Crippen molar-refractivity contribution in [2.24, 2.45) is 0 Å². The van der Waals surface area contributed by atoms with Crippen molar-refractivity contribution in [2.75, 3.05) is 0 Å². The van der Waals surface area contributed by atoms with Crippen LogP contribution < -0.4 is 5.32 Å². The van der Waals surface area contributed by atoms with Crippen LogP contribution in [0.1, 0.15) is 76.5 Å². The minimum atomic E-state index is -0.494. The molecule has 1 aliphatic carbocycles. The van der Waals surface area contributed by atoms with E-state index < -0.39 is 6.04 Å². The van der Waals surface area contributed by atoms with Crippen molar-refractivity contribution in [3.05, 3.63) is 71.3 Å². The van der Waals surface area contributed by atoms with E-state index in [1.165, 1.54) is 18.4 Å². The molecule has 0 aliphatic heterocycles. The van der Waals surface area contributed by atoms with Crippen molar-refractivity contribution in [3.8, 4) is 0 Å². The van der Waals surface area contributed by atoms with E-state index in [1.54, 1.807) is 4.90 Å². The third-order valence-electron chi connectivity index (χ3n) is 6.51. The molecule has 32 heavy (non-hydrogen) atoms. The van der Waals surface area contributed by atoms with Crippen molar-refractivity contribution in [1.29, 1.82) is 0 Å². The Morgan fingerprint density at radius 1 is 0.969 bits per heavy atom. The number of hydrogen-bond acceptors (Lipinski definition) is 2. The monoisotopic (exact) mass is 434 g/mol. The summed E-state index contributed by atoms with van der Waals surface area (Å²) in [4.78, 5) is 28.0. The average Bonchev–Trinajstić information content (AvgIpc) is 3.28. The maximum absolute atomic E-state index is 13.3. The Bertz CT molecular complexity index is 878. The molecule has 0 aromatic heterocycles. The van der Waals surface area contributed by atoms with Gasteiger partial charge in [-0.2, -0.15) is 0 Å². The van der Waals surface area contributed by atoms with Crippen LogP contribution in [0.15, 0.2) is 54.6 Å². The molecule has 4 nitrogen and oxygen atoms in total. The van der Waals surface area contributed by atoms with Crippen LogP contribution in [0.3, 0.4) is 0 Å². The third-order valence-corrected chi connectivity index (χ3v) is 6.51. The van der Waals surface area contributed by atoms with Gasteiger partial charge < -0.3 is 10.2 Å². The Kier molecular flexibility index (Phi) is 8.11. The predicted molar refractivity (Wildman–Crippen MR) is 130 cm³/mol. The second-order valence-electron chi connectivity index (χ2n) is 10.1. The lowest BCUT2D eigenvalue weighted by Gasteiger charge is -2.30. The van der Waals surface area contributed by atoms with E-state index >= 15 is 0 Å². The summed E-state index contributed by atoms with van der Waals surface area (Å²) in [6, 6.07) is 18.2. The zero-order valence-electron chi connectivity index (χ0n) is 20.1. The van der Waals surface area contributed by atoms with E-state index in [-0.39, 0.29) is 23.3 Å². The summed E-state index contributed by atoms with van der Waals surface area (Å²) in [6.07, 6.45) is 5.47. The standard InChI is InChI=1S/C28H38N2O2/c1-21(27(32)29-25-12-8-9-13-25)30(20-23-10-6-5-7-11-23)26(31)19-16-22-14-17-24(18-15-22)28(2,3)4/h5-7,10-11,14-15,17-18,21,25H,8-9,12-13,16,19-20H2,1-4H3,(H,29,32)/t21-/m0/s1. The average molecular weight is 435 g/mol. The molecule has 1 saturated carbocycles. The van der Waals surface area contributed by atoms with Gasteiger partial charge in [-0.15, -0.1) is 0 Å². The molecule has 1 fully saturated rings. The van der Waals surface area contributed by atoms with Crippen molar-refractivity contribution < 1.29 is 9.59 Å². The molecule has 4 heteroatoms. The minimum absolute atomic E-state index is 0.0165. The summed E-state index contributed by atoms with van der Waals surface area (Å²) in [5, 5.41) is 3.16. The molecule has 3 rings (SSSR count). The number of hydrogen-bond donors (Lipinski definition) is 1. The number of aryl methyl sites for hydroxylation is 1. The van der Waals surface area contributed by atoms with Gasteiger partial charge in [0.1, 0.15) is 6.04 Å². The Hall–Kier alpha value is -2.62. The van der Waals surface area contributed by atoms with Gasteiger partial charge in [0.2, 0.25) is 11.8 Å². The summed E-state index contributed by atoms with van der Waals surface area (Å²) in [6.45, 7) is 8.89. The van der Waals surface area contributed by atoms with Crippen LogP contribution in [0.5, 0.6) is 0 Å². The molecule has 0 heterocycles. The topological polar surface area (TPSA) is 49.4 Å². The number of nitrogens with zero attached hydrogens (tertiary/aromatic N) is 1. The lowest BCUT2D eigenvalue weighted by atomic mass is 9.86. The number of carbonyl (C=O) groups excluding carboxylic acids is 2. The van der Waals surface area contributed by atoms with Gasteiger partial charge in [-0.3, -0.25) is 9.59 Å². The molecule has 2 aromatic rings. The second kappa shape index (κ2) is 10.8. The number of amides is 2. The van der Waals surface area contributed by atoms with E-state index in [0.29, 0.717) is 19.4 Å². The largest absolute Gasteiger partial charge is 0.352 e. The summed E-state index contributed by atoms with van der Waals surface area (Å²) in [5.74, 6) is -0.0291. The second-order valence-corrected chi connectivity index (χ2v) is 10.1. The molecule has 2 aromatic carbocycles. The molecule has 1 aliphatic rings. The molecule has 1 N–H and O–H groups in total. The van der Waals surface area contributed by atoms with Gasteiger partial charge in [-0.05, 0) is 48.3 Å². The third kappa shape index (κ3) is 6.69. The van der Waals surface area contributed by atoms with Crippen molar-refractivity contribution in [2.45, 2.75) is 90.3 Å². The van der Waals surface area contributed by atoms with Crippen LogP contribution in [0, 0.1) is 0 Å². The lowest BCUT2D eigenvalue weighted by molar-refractivity contribution is -0.140. The Morgan fingerprint density at radius 3 is 2.19 bits per heavy atom. The number of carbonyl (C=O) groups is 2. The summed E-state index contributed by atoms with van der Waals surface area (Å²) >= 11 is 0. The fourth-order valence-corrected chi connectivity index (χ4v) is 4.32. The summed E-state index contributed by atoms with van der Waals surface area (Å²) in [5.41, 5.74) is 3.59. The van der Waals surface area contributed by atoms with Gasteiger partial charge >= 0.3 is 0 Å². The highest BCUT2D eigenvalue weighted by Crippen LogP contribution is 2.23. The fraction of sp³-hybridized carbons (Fsp3) is 0.500. The van der Waals surface area contributed by atoms with Crippen molar-refractivity contribution >= 4 is 11.8 Å². The quantitative estimate of drug-likeness (QED) is 0.605. The van der Waals surface area contributed by atoms with E-state index in [4.69, 9.17) is 0 Å². The lowest BCUT2D eigenvalue weighted by Crippen LogP contribution is -2.49. The zero-order valence-corrected chi connectivity index (χ0v) is 20.1. The molecule has 172 valence electrons. The van der Waals surface area contributed by atoms with Gasteiger partial charge in [0.15, 0.2) is 0 Å². The zero-order chi connectivity index (χ0) is 23.1. The molecule has 0 radical (unpaired) electrons. The Labute approximate surface area is 193 Å². The molecular formula is C28H38N2O2. The number of nitrogens with one attached hydrogen (secondary N) is 1. The highest BCUT2D eigenvalue weighted by molar-refractivity contribution is 5.87. The first-order valence-electron chi connectivity index (χ1n) is 12.0. The molecule has 0 spiro atoms. The van der Waals surface area contributed by atoms with Gasteiger partial charge in [-0.25, -0.2) is 0 Å². The number of rotatable bonds is 8. The first-order valence-corrected chi connectivity index (χ1v) is 12.0. The highest BCUT2D eigenvalue weighted by atomic mass is 16.2. The summed E-state index contributed by atoms with van der Waals surface area (Å²) in [7, 11) is 0. The van der Waals surface area contributed by atoms with Gasteiger partial charge in [0.05, 0.1) is 0 Å². The SMILES string of the molecule is C[C@@H](C(=O)NC1CCCC1)N(Cc1ccccc1)C(=O)CCc1ccc(C(C)(C)C)cc1. The van der Waals surface area contributed by atoms with Crippen LogP contribution in [0.4, 0.5) is 0 Å². The normalized spacial score (nSPS) is 15.4.